The largest absolute Gasteiger partial charge is 0.356 e. The summed E-state index contributed by atoms with van der Waals surface area (Å²) in [7, 11) is 0. The number of thiophene rings is 1. The number of carbonyl (C=O) groups is 1. The Labute approximate surface area is 144 Å². The van der Waals surface area contributed by atoms with E-state index in [1.54, 1.807) is 18.3 Å². The minimum atomic E-state index is -0.0292. The maximum Gasteiger partial charge on any atom is 0.225 e. The van der Waals surface area contributed by atoms with E-state index in [1.807, 2.05) is 6.07 Å². The van der Waals surface area contributed by atoms with E-state index in [1.165, 1.54) is 17.4 Å². The number of carbonyl (C=O) groups excluding carboxylic acids is 1. The first-order chi connectivity index (χ1) is 11.1. The van der Waals surface area contributed by atoms with Crippen molar-refractivity contribution >= 4 is 34.7 Å². The molecule has 0 spiro atoms. The molecule has 7 heteroatoms. The van der Waals surface area contributed by atoms with Crippen LogP contribution < -0.4 is 15.6 Å². The lowest BCUT2D eigenvalue weighted by atomic mass is 10.3. The summed E-state index contributed by atoms with van der Waals surface area (Å²) in [6.45, 7) is 4.06. The number of rotatable bonds is 8. The molecular weight excluding hydrogens is 334 g/mol. The number of pyridine rings is 1. The zero-order valence-electron chi connectivity index (χ0n) is 13.0. The Morgan fingerprint density at radius 1 is 1.35 bits per heavy atom. The molecule has 0 saturated carbocycles. The van der Waals surface area contributed by atoms with Gasteiger partial charge in [-0.2, -0.15) is 0 Å². The standard InChI is InChI=1S/C16H20ClN3O2S/c1-2-8-20(15-10-12(21)5-6-18-15)9-7-19-16(22)11-13-3-4-14(17)23-13/h3-6,10H,2,7-9,11H2,1H3,(H,18,21)(H,19,22). The lowest BCUT2D eigenvalue weighted by Gasteiger charge is -2.23. The second-order valence-corrected chi connectivity index (χ2v) is 6.93. The Morgan fingerprint density at radius 2 is 2.17 bits per heavy atom. The number of aromatic amines is 1. The number of nitrogens with one attached hydrogen (secondary N) is 2. The van der Waals surface area contributed by atoms with Gasteiger partial charge in [0, 0.05) is 42.8 Å². The van der Waals surface area contributed by atoms with Crippen molar-refractivity contribution in [2.75, 3.05) is 24.5 Å². The molecule has 0 aliphatic rings. The van der Waals surface area contributed by atoms with Crippen LogP contribution in [0, 0.1) is 0 Å². The van der Waals surface area contributed by atoms with E-state index in [0.717, 1.165) is 23.7 Å². The Hall–Kier alpha value is -1.79. The molecule has 5 nitrogen and oxygen atoms in total. The van der Waals surface area contributed by atoms with E-state index in [-0.39, 0.29) is 11.3 Å². The van der Waals surface area contributed by atoms with E-state index in [9.17, 15) is 9.59 Å². The lowest BCUT2D eigenvalue weighted by molar-refractivity contribution is -0.120. The predicted octanol–water partition coefficient (Wildman–Crippen LogP) is 2.67. The SMILES string of the molecule is CCCN(CCNC(=O)Cc1ccc(Cl)s1)c1cc(=O)cc[nH]1. The number of anilines is 1. The van der Waals surface area contributed by atoms with Crippen molar-refractivity contribution in [2.24, 2.45) is 0 Å². The van der Waals surface area contributed by atoms with Crippen LogP contribution in [-0.2, 0) is 11.2 Å². The zero-order chi connectivity index (χ0) is 16.7. The van der Waals surface area contributed by atoms with Crippen molar-refractivity contribution in [3.05, 3.63) is 49.9 Å². The molecule has 0 saturated heterocycles. The van der Waals surface area contributed by atoms with Crippen LogP contribution in [0.5, 0.6) is 0 Å². The summed E-state index contributed by atoms with van der Waals surface area (Å²) in [5.74, 6) is 0.750. The van der Waals surface area contributed by atoms with E-state index in [4.69, 9.17) is 11.6 Å². The summed E-state index contributed by atoms with van der Waals surface area (Å²) in [6.07, 6.45) is 2.94. The minimum Gasteiger partial charge on any atom is -0.356 e. The van der Waals surface area contributed by atoms with Gasteiger partial charge in [-0.25, -0.2) is 0 Å². The molecule has 0 aromatic carbocycles. The highest BCUT2D eigenvalue weighted by Gasteiger charge is 2.09. The van der Waals surface area contributed by atoms with Gasteiger partial charge < -0.3 is 15.2 Å². The van der Waals surface area contributed by atoms with Gasteiger partial charge in [-0.3, -0.25) is 9.59 Å². The minimum absolute atomic E-state index is 0.0264. The topological polar surface area (TPSA) is 65.2 Å². The van der Waals surface area contributed by atoms with Gasteiger partial charge in [0.15, 0.2) is 5.43 Å². The van der Waals surface area contributed by atoms with E-state index < -0.39 is 0 Å². The fourth-order valence-electron chi connectivity index (χ4n) is 2.24. The number of hydrogen-bond donors (Lipinski definition) is 2. The summed E-state index contributed by atoms with van der Waals surface area (Å²) in [6, 6.07) is 6.72. The van der Waals surface area contributed by atoms with Crippen molar-refractivity contribution in [1.82, 2.24) is 10.3 Å². The number of hydrogen-bond acceptors (Lipinski definition) is 4. The lowest BCUT2D eigenvalue weighted by Crippen LogP contribution is -2.36. The van der Waals surface area contributed by atoms with Crippen LogP contribution in [0.25, 0.3) is 0 Å². The van der Waals surface area contributed by atoms with Crippen LogP contribution in [-0.4, -0.2) is 30.5 Å². The molecule has 0 aliphatic heterocycles. The monoisotopic (exact) mass is 353 g/mol. The fourth-order valence-corrected chi connectivity index (χ4v) is 3.32. The molecule has 2 aromatic rings. The number of halogens is 1. The molecule has 1 amide bonds. The maximum absolute atomic E-state index is 11.9. The first kappa shape index (κ1) is 17.6. The highest BCUT2D eigenvalue weighted by atomic mass is 35.5. The third-order valence-corrected chi connectivity index (χ3v) is 4.49. The predicted molar refractivity (Wildman–Crippen MR) is 95.6 cm³/mol. The molecule has 2 aromatic heterocycles. The molecule has 0 bridgehead atoms. The molecule has 0 unspecified atom stereocenters. The van der Waals surface area contributed by atoms with Crippen LogP contribution in [0.3, 0.4) is 0 Å². The van der Waals surface area contributed by atoms with Gasteiger partial charge in [-0.1, -0.05) is 18.5 Å². The molecule has 0 radical (unpaired) electrons. The summed E-state index contributed by atoms with van der Waals surface area (Å²) < 4.78 is 0.690. The number of amides is 1. The molecule has 2 rings (SSSR count). The van der Waals surface area contributed by atoms with Crippen molar-refractivity contribution in [1.29, 1.82) is 0 Å². The van der Waals surface area contributed by atoms with Crippen LogP contribution in [0.4, 0.5) is 5.82 Å². The smallest absolute Gasteiger partial charge is 0.225 e. The molecule has 23 heavy (non-hydrogen) atoms. The molecule has 2 heterocycles. The first-order valence-corrected chi connectivity index (χ1v) is 8.72. The summed E-state index contributed by atoms with van der Waals surface area (Å²) in [4.78, 5) is 29.5. The van der Waals surface area contributed by atoms with Crippen LogP contribution in [0.2, 0.25) is 4.34 Å². The Bertz CT molecular complexity index is 698. The summed E-state index contributed by atoms with van der Waals surface area (Å²) in [5.41, 5.74) is -0.0292. The second kappa shape index (κ2) is 8.74. The highest BCUT2D eigenvalue weighted by Crippen LogP contribution is 2.21. The van der Waals surface area contributed by atoms with Gasteiger partial charge >= 0.3 is 0 Å². The molecular formula is C16H20ClN3O2S. The zero-order valence-corrected chi connectivity index (χ0v) is 14.5. The van der Waals surface area contributed by atoms with Gasteiger partial charge in [0.05, 0.1) is 10.8 Å². The van der Waals surface area contributed by atoms with Crippen LogP contribution in [0.15, 0.2) is 35.3 Å². The quantitative estimate of drug-likeness (QED) is 0.766. The van der Waals surface area contributed by atoms with E-state index in [2.05, 4.69) is 22.1 Å². The van der Waals surface area contributed by atoms with Crippen molar-refractivity contribution in [3.63, 3.8) is 0 Å². The van der Waals surface area contributed by atoms with E-state index >= 15 is 0 Å². The van der Waals surface area contributed by atoms with Gasteiger partial charge in [-0.05, 0) is 18.6 Å². The van der Waals surface area contributed by atoms with Gasteiger partial charge in [0.2, 0.25) is 5.91 Å². The van der Waals surface area contributed by atoms with Crippen molar-refractivity contribution in [3.8, 4) is 0 Å². The maximum atomic E-state index is 11.9. The molecule has 0 atom stereocenters. The summed E-state index contributed by atoms with van der Waals surface area (Å²) in [5, 5.41) is 2.90. The molecule has 2 N–H and O–H groups in total. The molecule has 0 aliphatic carbocycles. The average Bonchev–Trinajstić information content (AvgIpc) is 2.91. The molecule has 0 fully saturated rings. The third-order valence-electron chi connectivity index (χ3n) is 3.26. The van der Waals surface area contributed by atoms with Gasteiger partial charge in [-0.15, -0.1) is 11.3 Å². The first-order valence-electron chi connectivity index (χ1n) is 7.53. The van der Waals surface area contributed by atoms with Crippen LogP contribution >= 0.6 is 22.9 Å². The highest BCUT2D eigenvalue weighted by molar-refractivity contribution is 7.16. The number of H-pyrrole nitrogens is 1. The van der Waals surface area contributed by atoms with Crippen molar-refractivity contribution in [2.45, 2.75) is 19.8 Å². The summed E-state index contributed by atoms with van der Waals surface area (Å²) >= 11 is 7.27. The number of nitrogens with zero attached hydrogens (tertiary/aromatic N) is 1. The van der Waals surface area contributed by atoms with Gasteiger partial charge in [0.1, 0.15) is 5.82 Å². The van der Waals surface area contributed by atoms with Crippen LogP contribution in [0.1, 0.15) is 18.2 Å². The van der Waals surface area contributed by atoms with Gasteiger partial charge in [0.25, 0.3) is 0 Å². The third kappa shape index (κ3) is 5.73. The second-order valence-electron chi connectivity index (χ2n) is 5.13. The number of aromatic nitrogens is 1. The Kier molecular flexibility index (Phi) is 6.67. The normalized spacial score (nSPS) is 10.5. The molecule has 124 valence electrons. The average molecular weight is 354 g/mol. The van der Waals surface area contributed by atoms with Crippen molar-refractivity contribution < 1.29 is 4.79 Å². The Balaban J connectivity index is 1.84. The Morgan fingerprint density at radius 3 is 2.83 bits per heavy atom. The fraction of sp³-hybridized carbons (Fsp3) is 0.375. The van der Waals surface area contributed by atoms with E-state index in [0.29, 0.717) is 23.8 Å².